The summed E-state index contributed by atoms with van der Waals surface area (Å²) in [6.07, 6.45) is 5.44. The van der Waals surface area contributed by atoms with Crippen LogP contribution >= 0.6 is 0 Å². The lowest BCUT2D eigenvalue weighted by atomic mass is 9.98. The van der Waals surface area contributed by atoms with Crippen molar-refractivity contribution < 1.29 is 0 Å². The summed E-state index contributed by atoms with van der Waals surface area (Å²) >= 11 is 0. The van der Waals surface area contributed by atoms with Crippen LogP contribution in [0.4, 0.5) is 0 Å². The minimum Gasteiger partial charge on any atom is -0.311 e. The van der Waals surface area contributed by atoms with Gasteiger partial charge >= 0.3 is 0 Å². The average Bonchev–Trinajstić information content (AvgIpc) is 2.71. The van der Waals surface area contributed by atoms with Gasteiger partial charge in [0.25, 0.3) is 0 Å². The van der Waals surface area contributed by atoms with Gasteiger partial charge in [-0.2, -0.15) is 0 Å². The summed E-state index contributed by atoms with van der Waals surface area (Å²) in [5.41, 5.74) is 2.79. The van der Waals surface area contributed by atoms with E-state index in [9.17, 15) is 0 Å². The van der Waals surface area contributed by atoms with E-state index in [-0.39, 0.29) is 0 Å². The van der Waals surface area contributed by atoms with E-state index in [1.165, 1.54) is 36.8 Å². The second-order valence-electron chi connectivity index (χ2n) is 6.16. The molecule has 2 fully saturated rings. The molecule has 2 heteroatoms. The molecule has 2 unspecified atom stereocenters. The Morgan fingerprint density at radius 3 is 2.33 bits per heavy atom. The fourth-order valence-electron chi connectivity index (χ4n) is 3.50. The highest BCUT2D eigenvalue weighted by molar-refractivity contribution is 5.21. The molecule has 0 amide bonds. The second kappa shape index (κ2) is 5.02. The summed E-state index contributed by atoms with van der Waals surface area (Å²) in [5.74, 6) is 0. The molecule has 2 atom stereocenters. The van der Waals surface area contributed by atoms with Crippen molar-refractivity contribution in [3.05, 3.63) is 35.4 Å². The van der Waals surface area contributed by atoms with Crippen LogP contribution in [0, 0.1) is 6.92 Å². The predicted molar refractivity (Wildman–Crippen MR) is 75.6 cm³/mol. The standard InChI is InChI=1S/C16H24N2/c1-12-3-5-13(6-4-12)11-18(2)16-9-14-7-8-15(10-16)17-14/h3-6,14-17H,7-11H2,1-2H3. The summed E-state index contributed by atoms with van der Waals surface area (Å²) in [7, 11) is 2.29. The van der Waals surface area contributed by atoms with E-state index in [0.29, 0.717) is 0 Å². The van der Waals surface area contributed by atoms with E-state index in [1.807, 2.05) is 0 Å². The number of nitrogens with zero attached hydrogens (tertiary/aromatic N) is 1. The van der Waals surface area contributed by atoms with E-state index in [4.69, 9.17) is 0 Å². The molecule has 2 saturated heterocycles. The lowest BCUT2D eigenvalue weighted by molar-refractivity contribution is 0.166. The minimum absolute atomic E-state index is 0.769. The van der Waals surface area contributed by atoms with E-state index < -0.39 is 0 Å². The third-order valence-electron chi connectivity index (χ3n) is 4.62. The molecule has 2 bridgehead atoms. The van der Waals surface area contributed by atoms with E-state index >= 15 is 0 Å². The molecule has 2 heterocycles. The number of hydrogen-bond donors (Lipinski definition) is 1. The van der Waals surface area contributed by atoms with Gasteiger partial charge in [-0.25, -0.2) is 0 Å². The number of rotatable bonds is 3. The van der Waals surface area contributed by atoms with Gasteiger partial charge in [0, 0.05) is 24.7 Å². The Bertz CT molecular complexity index is 386. The Hall–Kier alpha value is -0.860. The molecule has 0 aliphatic carbocycles. The normalized spacial score (nSPS) is 30.9. The third-order valence-corrected chi connectivity index (χ3v) is 4.62. The van der Waals surface area contributed by atoms with Crippen molar-refractivity contribution in [2.24, 2.45) is 0 Å². The summed E-state index contributed by atoms with van der Waals surface area (Å²) in [4.78, 5) is 2.55. The van der Waals surface area contributed by atoms with Crippen LogP contribution in [0.2, 0.25) is 0 Å². The first-order valence-electron chi connectivity index (χ1n) is 7.22. The van der Waals surface area contributed by atoms with Crippen molar-refractivity contribution in [1.29, 1.82) is 0 Å². The molecule has 2 aliphatic heterocycles. The zero-order valence-corrected chi connectivity index (χ0v) is 11.5. The Kier molecular flexibility index (Phi) is 3.40. The van der Waals surface area contributed by atoms with Crippen molar-refractivity contribution in [3.63, 3.8) is 0 Å². The molecule has 2 nitrogen and oxygen atoms in total. The highest BCUT2D eigenvalue weighted by Gasteiger charge is 2.34. The molecule has 0 spiro atoms. The van der Waals surface area contributed by atoms with E-state index in [1.54, 1.807) is 0 Å². The molecule has 1 aromatic rings. The maximum absolute atomic E-state index is 3.72. The Morgan fingerprint density at radius 2 is 1.72 bits per heavy atom. The summed E-state index contributed by atoms with van der Waals surface area (Å²) in [5, 5.41) is 3.72. The predicted octanol–water partition coefficient (Wildman–Crippen LogP) is 2.71. The van der Waals surface area contributed by atoms with Crippen LogP contribution in [0.25, 0.3) is 0 Å². The van der Waals surface area contributed by atoms with Crippen molar-refractivity contribution in [2.75, 3.05) is 7.05 Å². The van der Waals surface area contributed by atoms with Gasteiger partial charge < -0.3 is 5.32 Å². The second-order valence-corrected chi connectivity index (χ2v) is 6.16. The maximum Gasteiger partial charge on any atom is 0.0233 e. The number of benzene rings is 1. The average molecular weight is 244 g/mol. The summed E-state index contributed by atoms with van der Waals surface area (Å²) in [6.45, 7) is 3.24. The quantitative estimate of drug-likeness (QED) is 0.879. The van der Waals surface area contributed by atoms with E-state index in [0.717, 1.165) is 24.7 Å². The van der Waals surface area contributed by atoms with E-state index in [2.05, 4.69) is 48.5 Å². The van der Waals surface area contributed by atoms with Gasteiger partial charge in [-0.15, -0.1) is 0 Å². The van der Waals surface area contributed by atoms with Crippen molar-refractivity contribution in [3.8, 4) is 0 Å². The molecule has 0 aromatic heterocycles. The van der Waals surface area contributed by atoms with Gasteiger partial charge in [0.15, 0.2) is 0 Å². The minimum atomic E-state index is 0.769. The molecule has 98 valence electrons. The van der Waals surface area contributed by atoms with Crippen LogP contribution in [0.5, 0.6) is 0 Å². The SMILES string of the molecule is Cc1ccc(CN(C)C2CC3CCC(C2)N3)cc1. The number of nitrogens with one attached hydrogen (secondary N) is 1. The maximum atomic E-state index is 3.72. The highest BCUT2D eigenvalue weighted by atomic mass is 15.2. The monoisotopic (exact) mass is 244 g/mol. The molecule has 3 rings (SSSR count). The van der Waals surface area contributed by atoms with Crippen LogP contribution in [-0.2, 0) is 6.54 Å². The Labute approximate surface area is 110 Å². The smallest absolute Gasteiger partial charge is 0.0233 e. The van der Waals surface area contributed by atoms with Gasteiger partial charge in [-0.1, -0.05) is 29.8 Å². The largest absolute Gasteiger partial charge is 0.311 e. The lowest BCUT2D eigenvalue weighted by Gasteiger charge is -2.35. The number of aryl methyl sites for hydroxylation is 1. The summed E-state index contributed by atoms with van der Waals surface area (Å²) < 4.78 is 0. The molecule has 1 N–H and O–H groups in total. The fraction of sp³-hybridized carbons (Fsp3) is 0.625. The zero-order chi connectivity index (χ0) is 12.5. The van der Waals surface area contributed by atoms with Gasteiger partial charge in [0.05, 0.1) is 0 Å². The number of piperidine rings is 1. The fourth-order valence-corrected chi connectivity index (χ4v) is 3.50. The highest BCUT2D eigenvalue weighted by Crippen LogP contribution is 2.29. The first kappa shape index (κ1) is 12.2. The molecule has 2 aliphatic rings. The molecule has 0 saturated carbocycles. The molecule has 0 radical (unpaired) electrons. The summed E-state index contributed by atoms with van der Waals surface area (Å²) in [6, 6.07) is 11.3. The topological polar surface area (TPSA) is 15.3 Å². The van der Waals surface area contributed by atoms with Gasteiger partial charge in [-0.05, 0) is 45.2 Å². The van der Waals surface area contributed by atoms with Crippen LogP contribution in [0.3, 0.4) is 0 Å². The van der Waals surface area contributed by atoms with Crippen molar-refractivity contribution in [1.82, 2.24) is 10.2 Å². The molecular formula is C16H24N2. The first-order chi connectivity index (χ1) is 8.70. The van der Waals surface area contributed by atoms with Crippen LogP contribution in [-0.4, -0.2) is 30.1 Å². The van der Waals surface area contributed by atoms with Crippen LogP contribution in [0.1, 0.15) is 36.8 Å². The first-order valence-corrected chi connectivity index (χ1v) is 7.22. The third kappa shape index (κ3) is 2.60. The molecule has 1 aromatic carbocycles. The molecular weight excluding hydrogens is 220 g/mol. The van der Waals surface area contributed by atoms with Crippen LogP contribution < -0.4 is 5.32 Å². The number of fused-ring (bicyclic) bond motifs is 2. The Balaban J connectivity index is 1.61. The number of hydrogen-bond acceptors (Lipinski definition) is 2. The van der Waals surface area contributed by atoms with Gasteiger partial charge in [0.2, 0.25) is 0 Å². The lowest BCUT2D eigenvalue weighted by Crippen LogP contribution is -2.46. The van der Waals surface area contributed by atoms with Crippen molar-refractivity contribution >= 4 is 0 Å². The zero-order valence-electron chi connectivity index (χ0n) is 11.5. The van der Waals surface area contributed by atoms with Gasteiger partial charge in [-0.3, -0.25) is 4.90 Å². The molecule has 18 heavy (non-hydrogen) atoms. The van der Waals surface area contributed by atoms with Crippen molar-refractivity contribution in [2.45, 2.75) is 57.3 Å². The van der Waals surface area contributed by atoms with Gasteiger partial charge in [0.1, 0.15) is 0 Å². The Morgan fingerprint density at radius 1 is 1.11 bits per heavy atom. The van der Waals surface area contributed by atoms with Crippen LogP contribution in [0.15, 0.2) is 24.3 Å².